The second-order valence-electron chi connectivity index (χ2n) is 7.18. The summed E-state index contributed by atoms with van der Waals surface area (Å²) in [6, 6.07) is 8.84. The Labute approximate surface area is 149 Å². The lowest BCUT2D eigenvalue weighted by molar-refractivity contribution is 0.0905. The van der Waals surface area contributed by atoms with Gasteiger partial charge in [0, 0.05) is 56.2 Å². The number of ether oxygens (including phenoxy) is 1. The first-order valence-corrected chi connectivity index (χ1v) is 9.55. The number of H-pyrrole nitrogens is 1. The minimum Gasteiger partial charge on any atom is -0.373 e. The molecule has 25 heavy (non-hydrogen) atoms. The Kier molecular flexibility index (Phi) is 5.33. The van der Waals surface area contributed by atoms with Crippen LogP contribution >= 0.6 is 0 Å². The molecule has 1 aromatic heterocycles. The van der Waals surface area contributed by atoms with E-state index >= 15 is 0 Å². The Morgan fingerprint density at radius 1 is 1.20 bits per heavy atom. The molecular weight excluding hydrogens is 312 g/mol. The highest BCUT2D eigenvalue weighted by atomic mass is 16.5. The van der Waals surface area contributed by atoms with Crippen molar-refractivity contribution >= 4 is 5.69 Å². The first-order valence-electron chi connectivity index (χ1n) is 9.55. The third kappa shape index (κ3) is 3.88. The molecule has 2 aromatic rings. The molecule has 0 unspecified atom stereocenters. The molecule has 2 saturated heterocycles. The van der Waals surface area contributed by atoms with E-state index in [-0.39, 0.29) is 6.10 Å². The lowest BCUT2D eigenvalue weighted by Crippen LogP contribution is -2.31. The molecule has 5 heteroatoms. The molecule has 0 amide bonds. The summed E-state index contributed by atoms with van der Waals surface area (Å²) in [4.78, 5) is 2.55. The maximum absolute atomic E-state index is 5.92. The molecule has 0 bridgehead atoms. The summed E-state index contributed by atoms with van der Waals surface area (Å²) >= 11 is 0. The average molecular weight is 340 g/mol. The van der Waals surface area contributed by atoms with E-state index in [1.54, 1.807) is 0 Å². The van der Waals surface area contributed by atoms with Crippen molar-refractivity contribution in [3.8, 4) is 0 Å². The van der Waals surface area contributed by atoms with Crippen LogP contribution in [0.5, 0.6) is 0 Å². The number of hydrogen-bond acceptors (Lipinski definition) is 4. The molecule has 2 aliphatic heterocycles. The van der Waals surface area contributed by atoms with Gasteiger partial charge in [0.2, 0.25) is 0 Å². The van der Waals surface area contributed by atoms with E-state index in [1.165, 1.54) is 43.6 Å². The molecule has 134 valence electrons. The second-order valence-corrected chi connectivity index (χ2v) is 7.18. The Morgan fingerprint density at radius 2 is 2.08 bits per heavy atom. The summed E-state index contributed by atoms with van der Waals surface area (Å²) in [6.45, 7) is 5.12. The van der Waals surface area contributed by atoms with Crippen molar-refractivity contribution in [2.45, 2.75) is 38.3 Å². The van der Waals surface area contributed by atoms with Gasteiger partial charge < -0.3 is 15.0 Å². The summed E-state index contributed by atoms with van der Waals surface area (Å²) in [5.74, 6) is 0.514. The minimum atomic E-state index is 0.170. The number of piperidine rings is 1. The monoisotopic (exact) mass is 340 g/mol. The molecular formula is C20H28N4O. The van der Waals surface area contributed by atoms with E-state index in [9.17, 15) is 0 Å². The van der Waals surface area contributed by atoms with Gasteiger partial charge in [0.1, 0.15) is 0 Å². The number of nitrogens with one attached hydrogen (secondary N) is 2. The molecule has 0 spiro atoms. The minimum absolute atomic E-state index is 0.170. The molecule has 0 radical (unpaired) electrons. The maximum Gasteiger partial charge on any atom is 0.0896 e. The topological polar surface area (TPSA) is 53.2 Å². The van der Waals surface area contributed by atoms with Crippen LogP contribution in [0.3, 0.4) is 0 Å². The zero-order chi connectivity index (χ0) is 16.9. The molecule has 3 heterocycles. The Morgan fingerprint density at radius 3 is 2.92 bits per heavy atom. The highest BCUT2D eigenvalue weighted by molar-refractivity contribution is 5.53. The van der Waals surface area contributed by atoms with Gasteiger partial charge in [0.25, 0.3) is 0 Å². The van der Waals surface area contributed by atoms with Crippen LogP contribution in [0.25, 0.3) is 0 Å². The third-order valence-corrected chi connectivity index (χ3v) is 5.47. The Bertz CT molecular complexity index is 651. The van der Waals surface area contributed by atoms with Crippen LogP contribution < -0.4 is 10.2 Å². The fourth-order valence-electron chi connectivity index (χ4n) is 4.12. The van der Waals surface area contributed by atoms with E-state index < -0.39 is 0 Å². The van der Waals surface area contributed by atoms with Gasteiger partial charge in [0.15, 0.2) is 0 Å². The van der Waals surface area contributed by atoms with Crippen LogP contribution in [0, 0.1) is 5.92 Å². The molecule has 1 aromatic carbocycles. The summed E-state index contributed by atoms with van der Waals surface area (Å²) in [5, 5.41) is 10.6. The first-order chi connectivity index (χ1) is 12.4. The van der Waals surface area contributed by atoms with Crippen LogP contribution in [0.4, 0.5) is 5.69 Å². The number of benzene rings is 1. The highest BCUT2D eigenvalue weighted by Crippen LogP contribution is 2.33. The zero-order valence-corrected chi connectivity index (χ0v) is 14.8. The summed E-state index contributed by atoms with van der Waals surface area (Å²) in [5.41, 5.74) is 3.98. The van der Waals surface area contributed by atoms with Crippen LogP contribution in [-0.4, -0.2) is 36.4 Å². The summed E-state index contributed by atoms with van der Waals surface area (Å²) < 4.78 is 5.92. The lowest BCUT2D eigenvalue weighted by atomic mass is 9.97. The van der Waals surface area contributed by atoms with Gasteiger partial charge in [-0.15, -0.1) is 0 Å². The fourth-order valence-corrected chi connectivity index (χ4v) is 4.12. The molecule has 2 N–H and O–H groups in total. The van der Waals surface area contributed by atoms with E-state index in [4.69, 9.17) is 4.74 Å². The van der Waals surface area contributed by atoms with E-state index in [0.29, 0.717) is 5.92 Å². The van der Waals surface area contributed by atoms with Crippen LogP contribution in [0.15, 0.2) is 36.7 Å². The normalized spacial score (nSPS) is 23.9. The smallest absolute Gasteiger partial charge is 0.0896 e. The Balaban J connectivity index is 1.35. The zero-order valence-electron chi connectivity index (χ0n) is 14.8. The van der Waals surface area contributed by atoms with E-state index in [2.05, 4.69) is 44.7 Å². The van der Waals surface area contributed by atoms with Gasteiger partial charge in [-0.2, -0.15) is 5.10 Å². The molecule has 0 aliphatic carbocycles. The number of rotatable bonds is 6. The quantitative estimate of drug-likeness (QED) is 0.847. The van der Waals surface area contributed by atoms with Crippen LogP contribution in [0.2, 0.25) is 0 Å². The van der Waals surface area contributed by atoms with E-state index in [1.807, 2.05) is 12.4 Å². The molecule has 2 fully saturated rings. The van der Waals surface area contributed by atoms with Crippen LogP contribution in [-0.2, 0) is 11.3 Å². The predicted octanol–water partition coefficient (Wildman–Crippen LogP) is 3.27. The largest absolute Gasteiger partial charge is 0.373 e. The van der Waals surface area contributed by atoms with E-state index in [0.717, 1.165) is 31.7 Å². The van der Waals surface area contributed by atoms with Crippen molar-refractivity contribution < 1.29 is 4.74 Å². The van der Waals surface area contributed by atoms with Crippen molar-refractivity contribution in [2.75, 3.05) is 31.1 Å². The fraction of sp³-hybridized carbons (Fsp3) is 0.550. The van der Waals surface area contributed by atoms with Gasteiger partial charge in [-0.05, 0) is 37.3 Å². The van der Waals surface area contributed by atoms with Crippen molar-refractivity contribution in [2.24, 2.45) is 5.92 Å². The van der Waals surface area contributed by atoms with Crippen LogP contribution in [0.1, 0.15) is 42.9 Å². The first kappa shape index (κ1) is 16.6. The third-order valence-electron chi connectivity index (χ3n) is 5.47. The highest BCUT2D eigenvalue weighted by Gasteiger charge is 2.30. The van der Waals surface area contributed by atoms with Gasteiger partial charge >= 0.3 is 0 Å². The van der Waals surface area contributed by atoms with Gasteiger partial charge in [-0.1, -0.05) is 18.2 Å². The molecule has 5 nitrogen and oxygen atoms in total. The van der Waals surface area contributed by atoms with Gasteiger partial charge in [-0.25, -0.2) is 0 Å². The molecule has 2 aliphatic rings. The number of para-hydroxylation sites is 1. The summed E-state index contributed by atoms with van der Waals surface area (Å²) in [6.07, 6.45) is 9.11. The predicted molar refractivity (Wildman–Crippen MR) is 99.6 cm³/mol. The standard InChI is InChI=1S/C20H28N4O/c1-4-9-24(10-5-1)19-7-3-2-6-16(19)12-21-13-17-8-11-25-20(17)18-14-22-23-15-18/h2-3,6-7,14-15,17,20-21H,1,4-5,8-13H2,(H,22,23)/t17-,20+/m0/s1. The number of aromatic nitrogens is 2. The maximum atomic E-state index is 5.92. The number of anilines is 1. The van der Waals surface area contributed by atoms with Crippen molar-refractivity contribution in [1.29, 1.82) is 0 Å². The second kappa shape index (κ2) is 8.02. The SMILES string of the molecule is c1ccc(N2CCCCC2)c(CNC[C@@H]2CCO[C@H]2c2cn[nH]c2)c1. The number of nitrogens with zero attached hydrogens (tertiary/aromatic N) is 2. The lowest BCUT2D eigenvalue weighted by Gasteiger charge is -2.30. The summed E-state index contributed by atoms with van der Waals surface area (Å²) in [7, 11) is 0. The van der Waals surface area contributed by atoms with Crippen molar-refractivity contribution in [3.05, 3.63) is 47.8 Å². The molecule has 0 saturated carbocycles. The Hall–Kier alpha value is -1.85. The van der Waals surface area contributed by atoms with Crippen molar-refractivity contribution in [3.63, 3.8) is 0 Å². The average Bonchev–Trinajstić information content (AvgIpc) is 3.34. The van der Waals surface area contributed by atoms with Gasteiger partial charge in [0.05, 0.1) is 12.3 Å². The molecule has 2 atom stereocenters. The van der Waals surface area contributed by atoms with Crippen molar-refractivity contribution in [1.82, 2.24) is 15.5 Å². The number of aromatic amines is 1. The number of hydrogen-bond donors (Lipinski definition) is 2. The van der Waals surface area contributed by atoms with Gasteiger partial charge in [-0.3, -0.25) is 5.10 Å². The molecule has 4 rings (SSSR count).